The molecule has 0 aromatic carbocycles. The molecule has 0 N–H and O–H groups in total. The Balaban J connectivity index is 2.56. The first kappa shape index (κ1) is 7.05. The molecule has 56 valence electrons. The molecule has 0 fully saturated rings. The Morgan fingerprint density at radius 3 is 2.80 bits per heavy atom. The van der Waals surface area contributed by atoms with Crippen LogP contribution < -0.4 is 0 Å². The van der Waals surface area contributed by atoms with Gasteiger partial charge >= 0.3 is 0 Å². The van der Waals surface area contributed by atoms with Gasteiger partial charge in [0, 0.05) is 20.5 Å². The molecule has 1 rings (SSSR count). The molecule has 1 heterocycles. The van der Waals surface area contributed by atoms with Gasteiger partial charge in [0.15, 0.2) is 0 Å². The molecule has 4 nitrogen and oxygen atoms in total. The highest BCUT2D eigenvalue weighted by Crippen LogP contribution is 2.01. The van der Waals surface area contributed by atoms with Crippen molar-refractivity contribution in [3.05, 3.63) is 0 Å². The van der Waals surface area contributed by atoms with Crippen LogP contribution in [-0.2, 0) is 9.63 Å². The Labute approximate surface area is 59.4 Å². The minimum Gasteiger partial charge on any atom is -0.395 e. The molecule has 1 amide bonds. The first-order valence-corrected chi connectivity index (χ1v) is 3.12. The van der Waals surface area contributed by atoms with Crippen LogP contribution in [0.5, 0.6) is 0 Å². The predicted octanol–water partition coefficient (Wildman–Crippen LogP) is -0.149. The summed E-state index contributed by atoms with van der Waals surface area (Å²) in [6.07, 6.45) is 0.636. The summed E-state index contributed by atoms with van der Waals surface area (Å²) in [5, 5.41) is 3.58. The standard InChI is InChI=1S/C6H10N2O2/c1-8(2)6(9)5-3-4-10-7-5/h3-4H2,1-2H3. The Morgan fingerprint density at radius 2 is 2.40 bits per heavy atom. The summed E-state index contributed by atoms with van der Waals surface area (Å²) < 4.78 is 0. The van der Waals surface area contributed by atoms with Crippen LogP contribution in [0.15, 0.2) is 5.16 Å². The zero-order valence-corrected chi connectivity index (χ0v) is 6.13. The molecule has 0 saturated carbocycles. The number of carbonyl (C=O) groups excluding carboxylic acids is 1. The summed E-state index contributed by atoms with van der Waals surface area (Å²) in [7, 11) is 3.40. The van der Waals surface area contributed by atoms with Gasteiger partial charge < -0.3 is 9.74 Å². The number of oxime groups is 1. The number of carbonyl (C=O) groups is 1. The van der Waals surface area contributed by atoms with Crippen molar-refractivity contribution in [3.63, 3.8) is 0 Å². The monoisotopic (exact) mass is 142 g/mol. The van der Waals surface area contributed by atoms with Gasteiger partial charge in [0.05, 0.1) is 0 Å². The third-order valence-corrected chi connectivity index (χ3v) is 1.26. The summed E-state index contributed by atoms with van der Waals surface area (Å²) in [5.74, 6) is -0.0579. The van der Waals surface area contributed by atoms with Crippen LogP contribution in [0.25, 0.3) is 0 Å². The SMILES string of the molecule is CN(C)C(=O)C1=NOCC1. The van der Waals surface area contributed by atoms with E-state index in [1.165, 1.54) is 4.90 Å². The fourth-order valence-corrected chi connectivity index (χ4v) is 0.716. The Morgan fingerprint density at radius 1 is 1.70 bits per heavy atom. The highest BCUT2D eigenvalue weighted by atomic mass is 16.6. The summed E-state index contributed by atoms with van der Waals surface area (Å²) in [5.41, 5.74) is 0.519. The lowest BCUT2D eigenvalue weighted by Crippen LogP contribution is -2.28. The van der Waals surface area contributed by atoms with Gasteiger partial charge in [-0.2, -0.15) is 0 Å². The number of nitrogens with zero attached hydrogens (tertiary/aromatic N) is 2. The molecule has 0 saturated heterocycles. The third kappa shape index (κ3) is 1.26. The van der Waals surface area contributed by atoms with Crippen LogP contribution in [-0.4, -0.2) is 37.2 Å². The smallest absolute Gasteiger partial charge is 0.271 e. The molecule has 0 aliphatic carbocycles. The minimum absolute atomic E-state index is 0.0579. The topological polar surface area (TPSA) is 41.9 Å². The molecule has 10 heavy (non-hydrogen) atoms. The summed E-state index contributed by atoms with van der Waals surface area (Å²) >= 11 is 0. The van der Waals surface area contributed by atoms with E-state index in [0.29, 0.717) is 18.7 Å². The second kappa shape index (κ2) is 2.68. The lowest BCUT2D eigenvalue weighted by molar-refractivity contribution is -0.121. The molecule has 4 heteroatoms. The number of amides is 1. The molecule has 0 atom stereocenters. The van der Waals surface area contributed by atoms with Crippen molar-refractivity contribution in [1.29, 1.82) is 0 Å². The first-order chi connectivity index (χ1) is 4.72. The molecule has 0 bridgehead atoms. The van der Waals surface area contributed by atoms with Gasteiger partial charge in [-0.3, -0.25) is 4.79 Å². The van der Waals surface area contributed by atoms with E-state index in [2.05, 4.69) is 9.99 Å². The van der Waals surface area contributed by atoms with E-state index in [9.17, 15) is 4.79 Å². The van der Waals surface area contributed by atoms with Gasteiger partial charge in [0.1, 0.15) is 12.3 Å². The van der Waals surface area contributed by atoms with Crippen molar-refractivity contribution in [2.45, 2.75) is 6.42 Å². The maximum Gasteiger partial charge on any atom is 0.271 e. The van der Waals surface area contributed by atoms with E-state index in [1.54, 1.807) is 14.1 Å². The van der Waals surface area contributed by atoms with Crippen LogP contribution in [0.1, 0.15) is 6.42 Å². The van der Waals surface area contributed by atoms with E-state index in [-0.39, 0.29) is 5.91 Å². The second-order valence-electron chi connectivity index (χ2n) is 2.32. The van der Waals surface area contributed by atoms with Gasteiger partial charge in [0.25, 0.3) is 5.91 Å². The fraction of sp³-hybridized carbons (Fsp3) is 0.667. The average Bonchev–Trinajstić information content (AvgIpc) is 2.36. The van der Waals surface area contributed by atoms with Crippen molar-refractivity contribution in [2.75, 3.05) is 20.7 Å². The fourth-order valence-electron chi connectivity index (χ4n) is 0.716. The second-order valence-corrected chi connectivity index (χ2v) is 2.32. The first-order valence-electron chi connectivity index (χ1n) is 3.12. The van der Waals surface area contributed by atoms with Crippen molar-refractivity contribution < 1.29 is 9.63 Å². The summed E-state index contributed by atoms with van der Waals surface area (Å²) in [6, 6.07) is 0. The number of hydrogen-bond donors (Lipinski definition) is 0. The molecule has 1 aliphatic rings. The largest absolute Gasteiger partial charge is 0.395 e. The maximum absolute atomic E-state index is 11.1. The highest BCUT2D eigenvalue weighted by Gasteiger charge is 2.17. The van der Waals surface area contributed by atoms with Gasteiger partial charge in [-0.15, -0.1) is 0 Å². The normalized spacial score (nSPS) is 16.0. The summed E-state index contributed by atoms with van der Waals surface area (Å²) in [4.78, 5) is 17.2. The maximum atomic E-state index is 11.1. The van der Waals surface area contributed by atoms with Crippen molar-refractivity contribution in [2.24, 2.45) is 5.16 Å². The van der Waals surface area contributed by atoms with E-state index in [4.69, 9.17) is 0 Å². The van der Waals surface area contributed by atoms with Gasteiger partial charge in [-0.1, -0.05) is 5.16 Å². The van der Waals surface area contributed by atoms with Crippen LogP contribution in [0.3, 0.4) is 0 Å². The van der Waals surface area contributed by atoms with Crippen molar-refractivity contribution in [1.82, 2.24) is 4.90 Å². The van der Waals surface area contributed by atoms with Crippen molar-refractivity contribution >= 4 is 11.6 Å². The molecule has 0 spiro atoms. The molecular weight excluding hydrogens is 132 g/mol. The number of rotatable bonds is 1. The Hall–Kier alpha value is -1.06. The Bertz CT molecular complexity index is 175. The van der Waals surface area contributed by atoms with Gasteiger partial charge in [0.2, 0.25) is 0 Å². The van der Waals surface area contributed by atoms with Crippen molar-refractivity contribution in [3.8, 4) is 0 Å². The summed E-state index contributed by atoms with van der Waals surface area (Å²) in [6.45, 7) is 0.537. The number of hydrogen-bond acceptors (Lipinski definition) is 3. The zero-order valence-electron chi connectivity index (χ0n) is 6.13. The molecule has 0 aromatic heterocycles. The van der Waals surface area contributed by atoms with Crippen LogP contribution >= 0.6 is 0 Å². The van der Waals surface area contributed by atoms with E-state index >= 15 is 0 Å². The molecule has 0 unspecified atom stereocenters. The zero-order chi connectivity index (χ0) is 7.56. The lowest BCUT2D eigenvalue weighted by atomic mass is 10.3. The van der Waals surface area contributed by atoms with Crippen LogP contribution in [0.4, 0.5) is 0 Å². The van der Waals surface area contributed by atoms with Crippen LogP contribution in [0, 0.1) is 0 Å². The van der Waals surface area contributed by atoms with Gasteiger partial charge in [-0.05, 0) is 0 Å². The highest BCUT2D eigenvalue weighted by molar-refractivity contribution is 6.38. The van der Waals surface area contributed by atoms with E-state index in [0.717, 1.165) is 0 Å². The quantitative estimate of drug-likeness (QED) is 0.511. The van der Waals surface area contributed by atoms with Gasteiger partial charge in [-0.25, -0.2) is 0 Å². The molecule has 0 aromatic rings. The lowest BCUT2D eigenvalue weighted by Gasteiger charge is -2.07. The third-order valence-electron chi connectivity index (χ3n) is 1.26. The van der Waals surface area contributed by atoms with E-state index < -0.39 is 0 Å². The molecule has 0 radical (unpaired) electrons. The predicted molar refractivity (Wildman–Crippen MR) is 36.7 cm³/mol. The Kier molecular flexibility index (Phi) is 1.89. The van der Waals surface area contributed by atoms with E-state index in [1.807, 2.05) is 0 Å². The average molecular weight is 142 g/mol. The van der Waals surface area contributed by atoms with Crippen LogP contribution in [0.2, 0.25) is 0 Å². The molecular formula is C6H10N2O2. The minimum atomic E-state index is -0.0579. The molecule has 1 aliphatic heterocycles.